The molecule has 0 atom stereocenters. The van der Waals surface area contributed by atoms with Gasteiger partial charge >= 0.3 is 12.7 Å². The lowest BCUT2D eigenvalue weighted by Crippen LogP contribution is -2.20. The normalized spacial score (nSPS) is 12.7. The zero-order valence-electron chi connectivity index (χ0n) is 12.2. The first kappa shape index (κ1) is 20.2. The Morgan fingerprint density at radius 1 is 0.769 bits per heavy atom. The topological polar surface area (TPSA) is 52.6 Å². The van der Waals surface area contributed by atoms with Crippen molar-refractivity contribution >= 4 is 19.7 Å². The summed E-state index contributed by atoms with van der Waals surface area (Å²) in [6, 6.07) is 6.88. The number of rotatable bonds is 4. The van der Waals surface area contributed by atoms with E-state index < -0.39 is 49.3 Å². The molecule has 0 saturated carbocycles. The summed E-state index contributed by atoms with van der Waals surface area (Å²) in [5.74, 6) is -2.12. The van der Waals surface area contributed by atoms with Crippen LogP contribution in [0.1, 0.15) is 0 Å². The predicted octanol–water partition coefficient (Wildman–Crippen LogP) is 5.08. The number of halogens is 7. The van der Waals surface area contributed by atoms with Crippen LogP contribution in [0.15, 0.2) is 47.4 Å². The summed E-state index contributed by atoms with van der Waals surface area (Å²) in [5.41, 5.74) is -1.09. The smallest absolute Gasteiger partial charge is 0.405 e. The van der Waals surface area contributed by atoms with Crippen molar-refractivity contribution in [2.24, 2.45) is 0 Å². The molecule has 0 fully saturated rings. The number of alkyl halides is 6. The summed E-state index contributed by atoms with van der Waals surface area (Å²) >= 11 is 0. The summed E-state index contributed by atoms with van der Waals surface area (Å²) in [5, 5.41) is 0. The lowest BCUT2D eigenvalue weighted by molar-refractivity contribution is -0.276. The third-order valence-electron chi connectivity index (χ3n) is 2.86. The van der Waals surface area contributed by atoms with Gasteiger partial charge in [-0.05, 0) is 12.1 Å². The molecule has 0 aromatic heterocycles. The van der Waals surface area contributed by atoms with Crippen LogP contribution in [0.2, 0.25) is 0 Å². The lowest BCUT2D eigenvalue weighted by Gasteiger charge is -2.18. The van der Waals surface area contributed by atoms with Crippen LogP contribution in [0.3, 0.4) is 0 Å². The molecule has 2 aromatic rings. The van der Waals surface area contributed by atoms with Crippen LogP contribution >= 0.6 is 10.7 Å². The second-order valence-corrected chi connectivity index (χ2v) is 7.20. The molecule has 0 N–H and O–H groups in total. The number of benzene rings is 2. The van der Waals surface area contributed by atoms with Gasteiger partial charge in [0.2, 0.25) is 0 Å². The molecule has 142 valence electrons. The van der Waals surface area contributed by atoms with Gasteiger partial charge in [-0.15, -0.1) is 26.3 Å². The molecular weight excluding hydrogens is 414 g/mol. The maximum atomic E-state index is 12.7. The highest BCUT2D eigenvalue weighted by Crippen LogP contribution is 2.43. The number of para-hydroxylation sites is 2. The average Bonchev–Trinajstić information content (AvgIpc) is 2.44. The highest BCUT2D eigenvalue weighted by atomic mass is 35.7. The van der Waals surface area contributed by atoms with Crippen LogP contribution in [-0.4, -0.2) is 21.1 Å². The van der Waals surface area contributed by atoms with Crippen molar-refractivity contribution < 1.29 is 44.2 Å². The van der Waals surface area contributed by atoms with Gasteiger partial charge in [0.1, 0.15) is 10.6 Å². The van der Waals surface area contributed by atoms with Gasteiger partial charge in [-0.2, -0.15) is 0 Å². The standard InChI is InChI=1S/C14H7ClF6O4S/c15-26(22,23)11-7-3-5-9(12(11)25-14(19,20)21)8-4-1-2-6-10(8)24-13(16,17)18/h1-7H. The predicted molar refractivity (Wildman–Crippen MR) is 78.3 cm³/mol. The van der Waals surface area contributed by atoms with E-state index in [1.165, 1.54) is 6.07 Å². The van der Waals surface area contributed by atoms with Crippen molar-refractivity contribution in [3.63, 3.8) is 0 Å². The van der Waals surface area contributed by atoms with Crippen LogP contribution in [0.4, 0.5) is 26.3 Å². The molecule has 0 radical (unpaired) electrons. The van der Waals surface area contributed by atoms with Gasteiger partial charge in [-0.25, -0.2) is 8.42 Å². The molecule has 0 saturated heterocycles. The summed E-state index contributed by atoms with van der Waals surface area (Å²) in [7, 11) is 0.412. The summed E-state index contributed by atoms with van der Waals surface area (Å²) < 4.78 is 106. The van der Waals surface area contributed by atoms with Crippen LogP contribution < -0.4 is 9.47 Å². The van der Waals surface area contributed by atoms with Gasteiger partial charge in [-0.1, -0.05) is 30.3 Å². The second-order valence-electron chi connectivity index (χ2n) is 4.66. The van der Waals surface area contributed by atoms with Crippen molar-refractivity contribution in [1.82, 2.24) is 0 Å². The van der Waals surface area contributed by atoms with Crippen molar-refractivity contribution in [3.05, 3.63) is 42.5 Å². The largest absolute Gasteiger partial charge is 0.573 e. The monoisotopic (exact) mass is 420 g/mol. The van der Waals surface area contributed by atoms with Gasteiger partial charge in [0, 0.05) is 21.8 Å². The zero-order chi connectivity index (χ0) is 19.8. The maximum Gasteiger partial charge on any atom is 0.573 e. The van der Waals surface area contributed by atoms with Crippen LogP contribution in [0.5, 0.6) is 11.5 Å². The Labute approximate surface area is 147 Å². The van der Waals surface area contributed by atoms with Crippen LogP contribution in [0, 0.1) is 0 Å². The Bertz CT molecular complexity index is 908. The molecular formula is C14H7ClF6O4S. The molecule has 0 spiro atoms. The van der Waals surface area contributed by atoms with E-state index in [1.807, 2.05) is 0 Å². The molecule has 0 amide bonds. The van der Waals surface area contributed by atoms with Gasteiger partial charge in [-0.3, -0.25) is 0 Å². The zero-order valence-corrected chi connectivity index (χ0v) is 13.8. The first-order valence-electron chi connectivity index (χ1n) is 6.46. The Morgan fingerprint density at radius 3 is 1.85 bits per heavy atom. The minimum absolute atomic E-state index is 0.480. The van der Waals surface area contributed by atoms with Gasteiger partial charge in [0.15, 0.2) is 5.75 Å². The number of hydrogen-bond acceptors (Lipinski definition) is 4. The third kappa shape index (κ3) is 5.18. The van der Waals surface area contributed by atoms with E-state index in [-0.39, 0.29) is 0 Å². The summed E-state index contributed by atoms with van der Waals surface area (Å²) in [6.45, 7) is 0. The lowest BCUT2D eigenvalue weighted by atomic mass is 10.0. The molecule has 0 bridgehead atoms. The Hall–Kier alpha value is -2.14. The molecule has 2 rings (SSSR count). The van der Waals surface area contributed by atoms with Crippen LogP contribution in [-0.2, 0) is 9.05 Å². The molecule has 2 aromatic carbocycles. The van der Waals surface area contributed by atoms with E-state index in [4.69, 9.17) is 10.7 Å². The van der Waals surface area contributed by atoms with Crippen molar-refractivity contribution in [2.75, 3.05) is 0 Å². The SMILES string of the molecule is O=S(=O)(Cl)c1cccc(-c2ccccc2OC(F)(F)F)c1OC(F)(F)F. The first-order valence-corrected chi connectivity index (χ1v) is 8.77. The molecule has 12 heteroatoms. The van der Waals surface area contributed by atoms with E-state index in [0.717, 1.165) is 36.4 Å². The molecule has 0 aliphatic heterocycles. The quantitative estimate of drug-likeness (QED) is 0.511. The molecule has 4 nitrogen and oxygen atoms in total. The van der Waals surface area contributed by atoms with E-state index in [1.54, 1.807) is 0 Å². The van der Waals surface area contributed by atoms with E-state index in [2.05, 4.69) is 9.47 Å². The Balaban J connectivity index is 2.75. The molecule has 0 unspecified atom stereocenters. The minimum Gasteiger partial charge on any atom is -0.405 e. The van der Waals surface area contributed by atoms with Crippen LogP contribution in [0.25, 0.3) is 11.1 Å². The maximum absolute atomic E-state index is 12.7. The number of hydrogen-bond donors (Lipinski definition) is 0. The highest BCUT2D eigenvalue weighted by Gasteiger charge is 2.37. The van der Waals surface area contributed by atoms with E-state index in [0.29, 0.717) is 0 Å². The Kier molecular flexibility index (Phi) is 5.34. The van der Waals surface area contributed by atoms with E-state index >= 15 is 0 Å². The van der Waals surface area contributed by atoms with E-state index in [9.17, 15) is 34.8 Å². The van der Waals surface area contributed by atoms with Gasteiger partial charge in [0.05, 0.1) is 0 Å². The average molecular weight is 421 g/mol. The molecule has 0 aliphatic carbocycles. The third-order valence-corrected chi connectivity index (χ3v) is 4.21. The molecule has 26 heavy (non-hydrogen) atoms. The van der Waals surface area contributed by atoms with Crippen molar-refractivity contribution in [2.45, 2.75) is 17.6 Å². The van der Waals surface area contributed by atoms with Crippen molar-refractivity contribution in [3.8, 4) is 22.6 Å². The fraction of sp³-hybridized carbons (Fsp3) is 0.143. The second kappa shape index (κ2) is 6.88. The first-order chi connectivity index (χ1) is 11.8. The summed E-state index contributed by atoms with van der Waals surface area (Å²) in [4.78, 5) is -1.06. The highest BCUT2D eigenvalue weighted by molar-refractivity contribution is 8.13. The fourth-order valence-corrected chi connectivity index (χ4v) is 3.02. The molecule has 0 heterocycles. The van der Waals surface area contributed by atoms with Gasteiger partial charge in [0.25, 0.3) is 9.05 Å². The minimum atomic E-state index is -5.33. The molecule has 0 aliphatic rings. The summed E-state index contributed by atoms with van der Waals surface area (Å²) in [6.07, 6.45) is -10.5. The fourth-order valence-electron chi connectivity index (χ4n) is 2.04. The van der Waals surface area contributed by atoms with Gasteiger partial charge < -0.3 is 9.47 Å². The number of ether oxygens (including phenoxy) is 2. The van der Waals surface area contributed by atoms with Crippen molar-refractivity contribution in [1.29, 1.82) is 0 Å². The Morgan fingerprint density at radius 2 is 1.31 bits per heavy atom.